The van der Waals surface area contributed by atoms with Crippen LogP contribution in [0.5, 0.6) is 28.7 Å². The summed E-state index contributed by atoms with van der Waals surface area (Å²) in [5.74, 6) is 1.33. The Bertz CT molecular complexity index is 1210. The first-order chi connectivity index (χ1) is 17.3. The second-order valence-corrected chi connectivity index (χ2v) is 8.39. The topological polar surface area (TPSA) is 102 Å². The summed E-state index contributed by atoms with van der Waals surface area (Å²) in [6, 6.07) is 15.1. The number of hydrogen-bond donors (Lipinski definition) is 2. The van der Waals surface area contributed by atoms with Crippen molar-refractivity contribution in [1.82, 2.24) is 0 Å². The summed E-state index contributed by atoms with van der Waals surface area (Å²) in [6.45, 7) is 6.35. The summed E-state index contributed by atoms with van der Waals surface area (Å²) in [7, 11) is 0. The molecule has 0 saturated heterocycles. The van der Waals surface area contributed by atoms with Gasteiger partial charge in [-0.3, -0.25) is 4.79 Å². The predicted molar refractivity (Wildman–Crippen MR) is 144 cm³/mol. The van der Waals surface area contributed by atoms with Gasteiger partial charge in [0.15, 0.2) is 5.78 Å². The molecule has 0 fully saturated rings. The van der Waals surface area contributed by atoms with Gasteiger partial charge >= 0.3 is 35.5 Å². The number of phenolic OH excluding ortho intramolecular Hbond substituents is 1. The molecule has 0 aliphatic rings. The fourth-order valence-electron chi connectivity index (χ4n) is 3.76. The second kappa shape index (κ2) is 14.7. The predicted octanol–water partition coefficient (Wildman–Crippen LogP) is 5.80. The van der Waals surface area contributed by atoms with Crippen molar-refractivity contribution in [3.05, 3.63) is 76.9 Å². The number of ether oxygens (including phenoxy) is 3. The SMILES string of the molecule is CCCc1cc(Oc2ccc(C(=O)O)cc2)ccc1OCCCOc1cc(O)c(C(C)=O)cc1CC.[NaH]. The molecule has 37 heavy (non-hydrogen) atoms. The van der Waals surface area contributed by atoms with Gasteiger partial charge in [0, 0.05) is 12.5 Å². The van der Waals surface area contributed by atoms with Gasteiger partial charge in [0.2, 0.25) is 0 Å². The summed E-state index contributed by atoms with van der Waals surface area (Å²) < 4.78 is 17.8. The van der Waals surface area contributed by atoms with E-state index in [0.717, 1.165) is 29.7 Å². The number of carbonyl (C=O) groups is 2. The minimum atomic E-state index is -0.978. The van der Waals surface area contributed by atoms with Gasteiger partial charge in [-0.1, -0.05) is 20.3 Å². The Kier molecular flexibility index (Phi) is 12.0. The van der Waals surface area contributed by atoms with Crippen LogP contribution in [0.1, 0.15) is 65.5 Å². The van der Waals surface area contributed by atoms with Crippen molar-refractivity contribution in [1.29, 1.82) is 0 Å². The molecule has 0 aliphatic heterocycles. The minimum absolute atomic E-state index is 0. The number of Topliss-reactive ketones (excluding diaryl/α,β-unsaturated/α-hetero) is 1. The van der Waals surface area contributed by atoms with E-state index in [1.807, 2.05) is 25.1 Å². The number of aryl methyl sites for hydroxylation is 2. The molecular formula is C29H33NaO7. The molecule has 0 unspecified atom stereocenters. The standard InChI is InChI=1S/C29H32O7.Na.H/c1-4-7-22-16-24(36-23-10-8-21(9-11-23)29(32)33)12-13-27(22)34-14-6-15-35-28-18-26(31)25(19(3)30)17-20(28)5-2;;/h8-13,16-18,31H,4-7,14-15H2,1-3H3,(H,32,33);;. The molecule has 0 aromatic heterocycles. The molecule has 2 N–H and O–H groups in total. The molecule has 192 valence electrons. The van der Waals surface area contributed by atoms with E-state index >= 15 is 0 Å². The summed E-state index contributed by atoms with van der Waals surface area (Å²) in [6.07, 6.45) is 3.08. The van der Waals surface area contributed by atoms with E-state index in [1.54, 1.807) is 18.2 Å². The Morgan fingerprint density at radius 3 is 2.08 bits per heavy atom. The maximum absolute atomic E-state index is 11.7. The van der Waals surface area contributed by atoms with Gasteiger partial charge in [-0.15, -0.1) is 0 Å². The molecule has 0 bridgehead atoms. The van der Waals surface area contributed by atoms with E-state index in [1.165, 1.54) is 25.1 Å². The van der Waals surface area contributed by atoms with Crippen molar-refractivity contribution in [3.8, 4) is 28.7 Å². The maximum atomic E-state index is 11.7. The first kappa shape index (κ1) is 30.2. The fourth-order valence-corrected chi connectivity index (χ4v) is 3.76. The molecule has 0 heterocycles. The molecule has 0 aliphatic carbocycles. The number of ketones is 1. The number of phenols is 1. The van der Waals surface area contributed by atoms with E-state index in [-0.39, 0.29) is 46.7 Å². The third-order valence-electron chi connectivity index (χ3n) is 5.63. The third-order valence-corrected chi connectivity index (χ3v) is 5.63. The number of benzene rings is 3. The Hall–Kier alpha value is -3.00. The van der Waals surface area contributed by atoms with E-state index in [4.69, 9.17) is 19.3 Å². The Morgan fingerprint density at radius 2 is 1.49 bits per heavy atom. The average molecular weight is 517 g/mol. The van der Waals surface area contributed by atoms with E-state index in [9.17, 15) is 14.7 Å². The van der Waals surface area contributed by atoms with Crippen LogP contribution in [0.2, 0.25) is 0 Å². The van der Waals surface area contributed by atoms with E-state index in [2.05, 4.69) is 6.92 Å². The molecular weight excluding hydrogens is 483 g/mol. The number of carbonyl (C=O) groups excluding carboxylic acids is 1. The van der Waals surface area contributed by atoms with Gasteiger partial charge in [0.25, 0.3) is 0 Å². The summed E-state index contributed by atoms with van der Waals surface area (Å²) in [4.78, 5) is 22.7. The number of rotatable bonds is 13. The third kappa shape index (κ3) is 8.52. The first-order valence-corrected chi connectivity index (χ1v) is 12.1. The van der Waals surface area contributed by atoms with Crippen LogP contribution in [0.25, 0.3) is 0 Å². The number of hydrogen-bond acceptors (Lipinski definition) is 6. The van der Waals surface area contributed by atoms with Gasteiger partial charge in [-0.25, -0.2) is 4.79 Å². The fraction of sp³-hybridized carbons (Fsp3) is 0.310. The van der Waals surface area contributed by atoms with Crippen LogP contribution in [0.3, 0.4) is 0 Å². The van der Waals surface area contributed by atoms with E-state index in [0.29, 0.717) is 48.9 Å². The summed E-state index contributed by atoms with van der Waals surface area (Å²) in [5.41, 5.74) is 2.40. The molecule has 0 atom stereocenters. The average Bonchev–Trinajstić information content (AvgIpc) is 2.85. The quantitative estimate of drug-likeness (QED) is 0.168. The van der Waals surface area contributed by atoms with Gasteiger partial charge in [-0.05, 0) is 79.4 Å². The van der Waals surface area contributed by atoms with Gasteiger partial charge in [0.1, 0.15) is 28.7 Å². The zero-order valence-electron chi connectivity index (χ0n) is 20.9. The monoisotopic (exact) mass is 516 g/mol. The van der Waals surface area contributed by atoms with Crippen LogP contribution in [0, 0.1) is 0 Å². The van der Waals surface area contributed by atoms with Crippen LogP contribution in [-0.2, 0) is 12.8 Å². The zero-order valence-corrected chi connectivity index (χ0v) is 20.9. The van der Waals surface area contributed by atoms with Gasteiger partial charge in [0.05, 0.1) is 24.3 Å². The number of carboxylic acid groups (broad SMARTS) is 1. The number of aromatic hydroxyl groups is 1. The van der Waals surface area contributed by atoms with Gasteiger partial charge in [-0.2, -0.15) is 0 Å². The van der Waals surface area contributed by atoms with Crippen molar-refractivity contribution in [2.45, 2.75) is 46.5 Å². The van der Waals surface area contributed by atoms with Crippen molar-refractivity contribution in [2.24, 2.45) is 0 Å². The normalized spacial score (nSPS) is 10.4. The van der Waals surface area contributed by atoms with Crippen LogP contribution in [0.4, 0.5) is 0 Å². The summed E-state index contributed by atoms with van der Waals surface area (Å²) >= 11 is 0. The van der Waals surface area contributed by atoms with E-state index < -0.39 is 5.97 Å². The molecule has 0 radical (unpaired) electrons. The summed E-state index contributed by atoms with van der Waals surface area (Å²) in [5, 5.41) is 19.1. The molecule has 3 aromatic carbocycles. The van der Waals surface area contributed by atoms with Crippen LogP contribution in [-0.4, -0.2) is 64.7 Å². The molecule has 3 rings (SSSR count). The van der Waals surface area contributed by atoms with Crippen LogP contribution < -0.4 is 14.2 Å². The van der Waals surface area contributed by atoms with Gasteiger partial charge < -0.3 is 24.4 Å². The molecule has 3 aromatic rings. The molecule has 7 nitrogen and oxygen atoms in total. The number of aromatic carboxylic acids is 1. The molecule has 0 spiro atoms. The Labute approximate surface area is 239 Å². The molecule has 8 heteroatoms. The van der Waals surface area contributed by atoms with Crippen molar-refractivity contribution >= 4 is 41.3 Å². The van der Waals surface area contributed by atoms with Crippen molar-refractivity contribution < 1.29 is 34.0 Å². The second-order valence-electron chi connectivity index (χ2n) is 8.39. The first-order valence-electron chi connectivity index (χ1n) is 12.1. The number of carboxylic acids is 1. The van der Waals surface area contributed by atoms with Crippen LogP contribution >= 0.6 is 0 Å². The Balaban J connectivity index is 0.00000481. The van der Waals surface area contributed by atoms with Crippen molar-refractivity contribution in [3.63, 3.8) is 0 Å². The Morgan fingerprint density at radius 1 is 0.838 bits per heavy atom. The van der Waals surface area contributed by atoms with Crippen LogP contribution in [0.15, 0.2) is 54.6 Å². The van der Waals surface area contributed by atoms with Crippen molar-refractivity contribution in [2.75, 3.05) is 13.2 Å². The zero-order chi connectivity index (χ0) is 26.1. The molecule has 0 saturated carbocycles. The molecule has 0 amide bonds.